The van der Waals surface area contributed by atoms with Crippen LogP contribution in [0.2, 0.25) is 0 Å². The summed E-state index contributed by atoms with van der Waals surface area (Å²) in [7, 11) is 0. The Kier molecular flexibility index (Phi) is 5.61. The molecule has 1 unspecified atom stereocenters. The molecule has 0 saturated carbocycles. The number of carbonyl (C=O) groups is 1. The van der Waals surface area contributed by atoms with Gasteiger partial charge in [0, 0.05) is 13.3 Å². The fourth-order valence-electron chi connectivity index (χ4n) is 0.926. The van der Waals surface area contributed by atoms with Crippen molar-refractivity contribution in [3.8, 4) is 0 Å². The Morgan fingerprint density at radius 1 is 1.43 bits per heavy atom. The number of allylic oxidation sites excluding steroid dienone is 2. The second-order valence-corrected chi connectivity index (χ2v) is 3.33. The van der Waals surface area contributed by atoms with Crippen LogP contribution in [0.25, 0.3) is 0 Å². The van der Waals surface area contributed by atoms with E-state index in [-0.39, 0.29) is 12.1 Å². The van der Waals surface area contributed by atoms with Crippen molar-refractivity contribution in [2.24, 2.45) is 0 Å². The van der Waals surface area contributed by atoms with Crippen molar-refractivity contribution in [1.29, 1.82) is 0 Å². The van der Waals surface area contributed by atoms with Gasteiger partial charge in [-0.3, -0.25) is 4.79 Å². The average Bonchev–Trinajstić information content (AvgIpc) is 2.10. The van der Waals surface area contributed by atoms with Crippen LogP contribution in [-0.2, 0) is 9.53 Å². The maximum atomic E-state index is 10.8. The lowest BCUT2D eigenvalue weighted by molar-refractivity contribution is -0.144. The Hall–Kier alpha value is -1.31. The molecule has 0 heterocycles. The molecule has 0 aromatic heterocycles. The van der Waals surface area contributed by atoms with Crippen LogP contribution in [0.4, 0.5) is 0 Å². The SMILES string of the molecule is C=C/C(C)=C/CC(OC(C)=O)C(=C)C. The van der Waals surface area contributed by atoms with Gasteiger partial charge in [-0.15, -0.1) is 0 Å². The van der Waals surface area contributed by atoms with E-state index in [0.29, 0.717) is 6.42 Å². The molecule has 2 nitrogen and oxygen atoms in total. The number of esters is 1. The third-order valence-corrected chi connectivity index (χ3v) is 1.83. The molecule has 0 bridgehead atoms. The smallest absolute Gasteiger partial charge is 0.303 e. The number of carbonyl (C=O) groups excluding carboxylic acids is 1. The second-order valence-electron chi connectivity index (χ2n) is 3.33. The van der Waals surface area contributed by atoms with Gasteiger partial charge < -0.3 is 4.74 Å². The normalized spacial score (nSPS) is 13.2. The first kappa shape index (κ1) is 12.7. The topological polar surface area (TPSA) is 26.3 Å². The third kappa shape index (κ3) is 5.36. The molecule has 0 saturated heterocycles. The standard InChI is InChI=1S/C12H18O2/c1-6-10(4)7-8-12(9(2)3)14-11(5)13/h6-7,12H,1-2,8H2,3-5H3/b10-7+. The summed E-state index contributed by atoms with van der Waals surface area (Å²) in [5, 5.41) is 0. The highest BCUT2D eigenvalue weighted by Crippen LogP contribution is 2.11. The van der Waals surface area contributed by atoms with Gasteiger partial charge in [-0.25, -0.2) is 0 Å². The quantitative estimate of drug-likeness (QED) is 0.382. The maximum Gasteiger partial charge on any atom is 0.303 e. The van der Waals surface area contributed by atoms with E-state index in [4.69, 9.17) is 4.74 Å². The van der Waals surface area contributed by atoms with Crippen LogP contribution in [0, 0.1) is 0 Å². The van der Waals surface area contributed by atoms with Crippen LogP contribution in [-0.4, -0.2) is 12.1 Å². The predicted molar refractivity (Wildman–Crippen MR) is 58.9 cm³/mol. The van der Waals surface area contributed by atoms with Crippen LogP contribution in [0.15, 0.2) is 36.5 Å². The van der Waals surface area contributed by atoms with Gasteiger partial charge in [0.05, 0.1) is 0 Å². The molecular weight excluding hydrogens is 176 g/mol. The van der Waals surface area contributed by atoms with E-state index >= 15 is 0 Å². The van der Waals surface area contributed by atoms with E-state index in [9.17, 15) is 4.79 Å². The predicted octanol–water partition coefficient (Wildman–Crippen LogP) is 3.02. The molecule has 0 fully saturated rings. The van der Waals surface area contributed by atoms with Crippen LogP contribution < -0.4 is 0 Å². The molecular formula is C12H18O2. The molecule has 78 valence electrons. The molecule has 0 aromatic rings. The van der Waals surface area contributed by atoms with E-state index in [1.54, 1.807) is 6.08 Å². The number of hydrogen-bond acceptors (Lipinski definition) is 2. The minimum atomic E-state index is -0.275. The van der Waals surface area contributed by atoms with E-state index in [0.717, 1.165) is 11.1 Å². The van der Waals surface area contributed by atoms with Crippen molar-refractivity contribution in [2.45, 2.75) is 33.3 Å². The Morgan fingerprint density at radius 3 is 2.36 bits per heavy atom. The second kappa shape index (κ2) is 6.19. The van der Waals surface area contributed by atoms with Crippen molar-refractivity contribution in [1.82, 2.24) is 0 Å². The molecule has 0 amide bonds. The largest absolute Gasteiger partial charge is 0.458 e. The highest BCUT2D eigenvalue weighted by atomic mass is 16.5. The Balaban J connectivity index is 4.31. The van der Waals surface area contributed by atoms with Crippen LogP contribution in [0.1, 0.15) is 27.2 Å². The van der Waals surface area contributed by atoms with Crippen molar-refractivity contribution in [3.63, 3.8) is 0 Å². The lowest BCUT2D eigenvalue weighted by Crippen LogP contribution is -2.16. The summed E-state index contributed by atoms with van der Waals surface area (Å²) < 4.78 is 5.09. The van der Waals surface area contributed by atoms with Crippen molar-refractivity contribution in [3.05, 3.63) is 36.5 Å². The molecule has 0 aromatic carbocycles. The van der Waals surface area contributed by atoms with Gasteiger partial charge in [0.15, 0.2) is 0 Å². The van der Waals surface area contributed by atoms with Crippen LogP contribution >= 0.6 is 0 Å². The highest BCUT2D eigenvalue weighted by Gasteiger charge is 2.10. The molecule has 0 rings (SSSR count). The molecule has 0 aliphatic rings. The fraction of sp³-hybridized carbons (Fsp3) is 0.417. The van der Waals surface area contributed by atoms with Gasteiger partial charge in [0.1, 0.15) is 6.10 Å². The monoisotopic (exact) mass is 194 g/mol. The minimum absolute atomic E-state index is 0.220. The fourth-order valence-corrected chi connectivity index (χ4v) is 0.926. The van der Waals surface area contributed by atoms with Gasteiger partial charge in [-0.2, -0.15) is 0 Å². The summed E-state index contributed by atoms with van der Waals surface area (Å²) in [6.07, 6.45) is 4.19. The van der Waals surface area contributed by atoms with Gasteiger partial charge in [-0.1, -0.05) is 30.9 Å². The van der Waals surface area contributed by atoms with E-state index in [2.05, 4.69) is 13.2 Å². The first-order valence-electron chi connectivity index (χ1n) is 4.59. The highest BCUT2D eigenvalue weighted by molar-refractivity contribution is 5.66. The Labute approximate surface area is 86.0 Å². The maximum absolute atomic E-state index is 10.8. The number of hydrogen-bond donors (Lipinski definition) is 0. The molecule has 2 heteroatoms. The lowest BCUT2D eigenvalue weighted by Gasteiger charge is -2.15. The first-order valence-corrected chi connectivity index (χ1v) is 4.59. The zero-order valence-electron chi connectivity index (χ0n) is 9.17. The summed E-state index contributed by atoms with van der Waals surface area (Å²) in [4.78, 5) is 10.8. The van der Waals surface area contributed by atoms with Crippen molar-refractivity contribution < 1.29 is 9.53 Å². The zero-order chi connectivity index (χ0) is 11.1. The minimum Gasteiger partial charge on any atom is -0.458 e. The van der Waals surface area contributed by atoms with Gasteiger partial charge in [0.2, 0.25) is 0 Å². The molecule has 1 atom stereocenters. The third-order valence-electron chi connectivity index (χ3n) is 1.83. The number of rotatable bonds is 5. The summed E-state index contributed by atoms with van der Waals surface area (Å²) in [6, 6.07) is 0. The van der Waals surface area contributed by atoms with E-state index < -0.39 is 0 Å². The van der Waals surface area contributed by atoms with Crippen LogP contribution in [0.3, 0.4) is 0 Å². The van der Waals surface area contributed by atoms with Crippen molar-refractivity contribution in [2.75, 3.05) is 0 Å². The van der Waals surface area contributed by atoms with Gasteiger partial charge >= 0.3 is 5.97 Å². The molecule has 0 radical (unpaired) electrons. The summed E-state index contributed by atoms with van der Waals surface area (Å²) in [5.74, 6) is -0.275. The molecule has 0 spiro atoms. The van der Waals surface area contributed by atoms with Gasteiger partial charge in [-0.05, 0) is 19.4 Å². The van der Waals surface area contributed by atoms with Gasteiger partial charge in [0.25, 0.3) is 0 Å². The lowest BCUT2D eigenvalue weighted by atomic mass is 10.1. The Morgan fingerprint density at radius 2 is 2.00 bits per heavy atom. The van der Waals surface area contributed by atoms with E-state index in [1.807, 2.05) is 19.9 Å². The average molecular weight is 194 g/mol. The van der Waals surface area contributed by atoms with Crippen LogP contribution in [0.5, 0.6) is 0 Å². The first-order chi connectivity index (χ1) is 6.47. The molecule has 14 heavy (non-hydrogen) atoms. The molecule has 0 aliphatic carbocycles. The van der Waals surface area contributed by atoms with Crippen molar-refractivity contribution >= 4 is 5.97 Å². The zero-order valence-corrected chi connectivity index (χ0v) is 9.17. The summed E-state index contributed by atoms with van der Waals surface area (Å²) in [5.41, 5.74) is 1.93. The Bertz CT molecular complexity index is 261. The molecule has 0 aliphatic heterocycles. The summed E-state index contributed by atoms with van der Waals surface area (Å²) in [6.45, 7) is 12.6. The molecule has 0 N–H and O–H groups in total. The number of ether oxygens (including phenoxy) is 1. The summed E-state index contributed by atoms with van der Waals surface area (Å²) >= 11 is 0. The van der Waals surface area contributed by atoms with E-state index in [1.165, 1.54) is 6.92 Å².